The van der Waals surface area contributed by atoms with Crippen LogP contribution in [0.2, 0.25) is 0 Å². The molecule has 0 atom stereocenters. The molecule has 0 radical (unpaired) electrons. The van der Waals surface area contributed by atoms with Gasteiger partial charge in [-0.25, -0.2) is 0 Å². The van der Waals surface area contributed by atoms with E-state index in [1.165, 1.54) is 0 Å². The van der Waals surface area contributed by atoms with Crippen molar-refractivity contribution in [2.24, 2.45) is 0 Å². The van der Waals surface area contributed by atoms with E-state index in [0.717, 1.165) is 77.2 Å². The van der Waals surface area contributed by atoms with Crippen LogP contribution in [0.15, 0.2) is 152 Å². The van der Waals surface area contributed by atoms with Gasteiger partial charge in [0.25, 0.3) is 0 Å². The number of benzene rings is 7. The summed E-state index contributed by atoms with van der Waals surface area (Å²) in [5.41, 5.74) is 11.7. The van der Waals surface area contributed by atoms with Crippen molar-refractivity contribution in [1.29, 1.82) is 15.8 Å². The second-order valence-electron chi connectivity index (χ2n) is 12.3. The fourth-order valence-electron chi connectivity index (χ4n) is 7.45. The number of nitrogens with zero attached hydrogens (tertiary/aromatic N) is 5. The summed E-state index contributed by atoms with van der Waals surface area (Å²) in [5.74, 6) is 0. The summed E-state index contributed by atoms with van der Waals surface area (Å²) in [7, 11) is 0. The number of rotatable bonds is 4. The van der Waals surface area contributed by atoms with Crippen molar-refractivity contribution in [3.05, 3.63) is 168 Å². The Hall–Kier alpha value is -7.39. The van der Waals surface area contributed by atoms with Crippen molar-refractivity contribution < 1.29 is 0 Å². The number of nitriles is 3. The predicted molar refractivity (Wildman–Crippen MR) is 200 cm³/mol. The van der Waals surface area contributed by atoms with Gasteiger partial charge in [-0.1, -0.05) is 84.9 Å². The van der Waals surface area contributed by atoms with Crippen LogP contribution in [0, 0.1) is 34.0 Å². The fraction of sp³-hybridized carbons (Fsp3) is 0. The maximum Gasteiger partial charge on any atom is 0.101 e. The molecule has 0 saturated carbocycles. The van der Waals surface area contributed by atoms with Crippen LogP contribution < -0.4 is 0 Å². The highest BCUT2D eigenvalue weighted by atomic mass is 15.0. The van der Waals surface area contributed by atoms with Crippen LogP contribution in [0.5, 0.6) is 0 Å². The third-order valence-corrected chi connectivity index (χ3v) is 9.63. The smallest absolute Gasteiger partial charge is 0.101 e. The highest BCUT2D eigenvalue weighted by Gasteiger charge is 2.20. The van der Waals surface area contributed by atoms with E-state index in [-0.39, 0.29) is 0 Å². The zero-order chi connectivity index (χ0) is 33.8. The molecule has 0 bridgehead atoms. The summed E-state index contributed by atoms with van der Waals surface area (Å²) in [5, 5.41) is 33.9. The summed E-state index contributed by atoms with van der Waals surface area (Å²) >= 11 is 0. The Morgan fingerprint density at radius 3 is 1.82 bits per heavy atom. The van der Waals surface area contributed by atoms with E-state index >= 15 is 0 Å². The van der Waals surface area contributed by atoms with Gasteiger partial charge in [-0.15, -0.1) is 0 Å². The summed E-state index contributed by atoms with van der Waals surface area (Å²) in [6.07, 6.45) is 0. The van der Waals surface area contributed by atoms with Crippen LogP contribution in [-0.2, 0) is 0 Å². The number of aromatic nitrogens is 2. The second kappa shape index (κ2) is 11.4. The van der Waals surface area contributed by atoms with Gasteiger partial charge in [0.15, 0.2) is 0 Å². The van der Waals surface area contributed by atoms with Gasteiger partial charge < -0.3 is 9.13 Å². The number of para-hydroxylation sites is 3. The Kier molecular flexibility index (Phi) is 6.56. The van der Waals surface area contributed by atoms with Crippen LogP contribution in [0.25, 0.3) is 77.2 Å². The largest absolute Gasteiger partial charge is 0.309 e. The van der Waals surface area contributed by atoms with E-state index in [2.05, 4.69) is 112 Å². The third-order valence-electron chi connectivity index (χ3n) is 9.63. The standard InChI is InChI=1S/C45H25N5/c46-26-29-18-23-42-39(24-29)37-12-1-3-15-40(37)50(42)45-34(28-48)11-6-14-36(45)32-9-5-8-31(25-32)30-19-21-35(22-20-30)49-41-16-4-2-13-38(41)44-33(27-47)10-7-17-43(44)49/h1-25H. The molecule has 230 valence electrons. The van der Waals surface area contributed by atoms with Crippen LogP contribution in [0.1, 0.15) is 16.7 Å². The van der Waals surface area contributed by atoms with Gasteiger partial charge in [-0.3, -0.25) is 0 Å². The molecule has 2 heterocycles. The molecular weight excluding hydrogens is 611 g/mol. The van der Waals surface area contributed by atoms with Crippen molar-refractivity contribution in [3.8, 4) is 51.8 Å². The van der Waals surface area contributed by atoms with Gasteiger partial charge in [0.1, 0.15) is 6.07 Å². The summed E-state index contributed by atoms with van der Waals surface area (Å²) < 4.78 is 4.38. The lowest BCUT2D eigenvalue weighted by Gasteiger charge is -2.16. The molecule has 50 heavy (non-hydrogen) atoms. The third kappa shape index (κ3) is 4.31. The lowest BCUT2D eigenvalue weighted by Crippen LogP contribution is -2.01. The molecule has 0 aliphatic rings. The molecule has 7 aromatic carbocycles. The van der Waals surface area contributed by atoms with Crippen LogP contribution in [0.4, 0.5) is 0 Å². The first kappa shape index (κ1) is 28.8. The van der Waals surface area contributed by atoms with Gasteiger partial charge >= 0.3 is 0 Å². The van der Waals surface area contributed by atoms with Crippen LogP contribution in [-0.4, -0.2) is 9.13 Å². The molecule has 2 aromatic heterocycles. The molecular formula is C45H25N5. The summed E-state index contributed by atoms with van der Waals surface area (Å²) in [6, 6.07) is 57.9. The summed E-state index contributed by atoms with van der Waals surface area (Å²) in [6.45, 7) is 0. The first-order valence-corrected chi connectivity index (χ1v) is 16.3. The van der Waals surface area contributed by atoms with E-state index in [9.17, 15) is 15.8 Å². The molecule has 0 spiro atoms. The fourth-order valence-corrected chi connectivity index (χ4v) is 7.45. The zero-order valence-electron chi connectivity index (χ0n) is 26.7. The summed E-state index contributed by atoms with van der Waals surface area (Å²) in [4.78, 5) is 0. The predicted octanol–water partition coefficient (Wildman–Crippen LogP) is 10.8. The Morgan fingerprint density at radius 2 is 1.04 bits per heavy atom. The first-order chi connectivity index (χ1) is 24.7. The van der Waals surface area contributed by atoms with Gasteiger partial charge in [-0.05, 0) is 83.4 Å². The second-order valence-corrected chi connectivity index (χ2v) is 12.3. The van der Waals surface area contributed by atoms with Crippen molar-refractivity contribution in [2.45, 2.75) is 0 Å². The van der Waals surface area contributed by atoms with E-state index in [0.29, 0.717) is 16.7 Å². The average Bonchev–Trinajstić information content (AvgIpc) is 3.70. The normalized spacial score (nSPS) is 11.1. The van der Waals surface area contributed by atoms with Gasteiger partial charge in [0.2, 0.25) is 0 Å². The van der Waals surface area contributed by atoms with E-state index in [1.54, 1.807) is 0 Å². The Bertz CT molecular complexity index is 2960. The minimum Gasteiger partial charge on any atom is -0.309 e. The zero-order valence-corrected chi connectivity index (χ0v) is 26.7. The maximum absolute atomic E-state index is 10.4. The van der Waals surface area contributed by atoms with Crippen LogP contribution >= 0.6 is 0 Å². The lowest BCUT2D eigenvalue weighted by molar-refractivity contribution is 1.17. The monoisotopic (exact) mass is 635 g/mol. The number of hydrogen-bond donors (Lipinski definition) is 0. The highest BCUT2D eigenvalue weighted by molar-refractivity contribution is 6.12. The molecule has 9 rings (SSSR count). The molecule has 0 amide bonds. The molecule has 0 N–H and O–H groups in total. The van der Waals surface area contributed by atoms with E-state index in [4.69, 9.17) is 0 Å². The number of fused-ring (bicyclic) bond motifs is 6. The molecule has 0 aliphatic heterocycles. The van der Waals surface area contributed by atoms with Gasteiger partial charge in [0.05, 0.1) is 56.6 Å². The van der Waals surface area contributed by atoms with Crippen molar-refractivity contribution >= 4 is 43.6 Å². The van der Waals surface area contributed by atoms with Crippen molar-refractivity contribution in [2.75, 3.05) is 0 Å². The molecule has 0 aliphatic carbocycles. The molecule has 9 aromatic rings. The van der Waals surface area contributed by atoms with Crippen LogP contribution in [0.3, 0.4) is 0 Å². The molecule has 0 fully saturated rings. The molecule has 5 nitrogen and oxygen atoms in total. The lowest BCUT2D eigenvalue weighted by atomic mass is 9.96. The SMILES string of the molecule is N#Cc1ccc2c(c1)c1ccccc1n2-c1c(C#N)cccc1-c1cccc(-c2ccc(-n3c4ccccc4c4c(C#N)cccc43)cc2)c1. The molecule has 0 saturated heterocycles. The quantitative estimate of drug-likeness (QED) is 0.193. The minimum absolute atomic E-state index is 0.565. The van der Waals surface area contributed by atoms with Gasteiger partial charge in [-0.2, -0.15) is 15.8 Å². The number of hydrogen-bond acceptors (Lipinski definition) is 3. The van der Waals surface area contributed by atoms with E-state index < -0.39 is 0 Å². The average molecular weight is 636 g/mol. The first-order valence-electron chi connectivity index (χ1n) is 16.3. The highest BCUT2D eigenvalue weighted by Crippen LogP contribution is 2.39. The van der Waals surface area contributed by atoms with Crippen molar-refractivity contribution in [3.63, 3.8) is 0 Å². The molecule has 5 heteroatoms. The minimum atomic E-state index is 0.565. The maximum atomic E-state index is 10.4. The van der Waals surface area contributed by atoms with Gasteiger partial charge in [0, 0.05) is 32.8 Å². The van der Waals surface area contributed by atoms with E-state index in [1.807, 2.05) is 66.7 Å². The Morgan fingerprint density at radius 1 is 0.400 bits per heavy atom. The Labute approximate surface area is 287 Å². The Balaban J connectivity index is 1.18. The van der Waals surface area contributed by atoms with Crippen molar-refractivity contribution in [1.82, 2.24) is 9.13 Å². The molecule has 0 unspecified atom stereocenters. The topological polar surface area (TPSA) is 81.2 Å².